The normalized spacial score (nSPS) is 21.8. The Bertz CT molecular complexity index is 1020. The minimum absolute atomic E-state index is 0.199. The molecule has 1 aromatic heterocycles. The summed E-state index contributed by atoms with van der Waals surface area (Å²) in [5.74, 6) is -0.774. The van der Waals surface area contributed by atoms with Crippen LogP contribution in [0, 0.1) is 0 Å². The fourth-order valence-electron chi connectivity index (χ4n) is 4.66. The van der Waals surface area contributed by atoms with Crippen molar-refractivity contribution in [3.05, 3.63) is 40.3 Å². The summed E-state index contributed by atoms with van der Waals surface area (Å²) in [6.45, 7) is 2.53. The second-order valence-corrected chi connectivity index (χ2v) is 11.4. The van der Waals surface area contributed by atoms with E-state index >= 15 is 0 Å². The number of hydrogen-bond acceptors (Lipinski definition) is 6. The molecule has 0 saturated carbocycles. The van der Waals surface area contributed by atoms with E-state index in [1.807, 2.05) is 0 Å². The van der Waals surface area contributed by atoms with Crippen LogP contribution < -0.4 is 5.32 Å². The largest absolute Gasteiger partial charge is 0.450 e. The number of nitrogens with one attached hydrogen (secondary N) is 1. The van der Waals surface area contributed by atoms with E-state index in [0.717, 1.165) is 19.3 Å². The first-order chi connectivity index (χ1) is 14.8. The average molecular weight is 465 g/mol. The molecule has 0 aromatic carbocycles. The maximum absolute atomic E-state index is 13.0. The third-order valence-electron chi connectivity index (χ3n) is 6.39. The molecule has 3 heterocycles. The second-order valence-electron chi connectivity index (χ2n) is 8.33. The number of thiophene rings is 1. The van der Waals surface area contributed by atoms with E-state index in [2.05, 4.69) is 11.4 Å². The summed E-state index contributed by atoms with van der Waals surface area (Å²) in [5.41, 5.74) is 1.02. The number of carbonyl (C=O) groups excluding carboxylic acids is 2. The molecule has 1 fully saturated rings. The van der Waals surface area contributed by atoms with E-state index in [-0.39, 0.29) is 31.8 Å². The smallest absolute Gasteiger partial charge is 0.335 e. The van der Waals surface area contributed by atoms with Gasteiger partial charge in [0.2, 0.25) is 0 Å². The van der Waals surface area contributed by atoms with E-state index < -0.39 is 21.6 Å². The Morgan fingerprint density at radius 3 is 2.71 bits per heavy atom. The van der Waals surface area contributed by atoms with Crippen LogP contribution in [0.5, 0.6) is 0 Å². The van der Waals surface area contributed by atoms with Crippen molar-refractivity contribution >= 4 is 33.2 Å². The van der Waals surface area contributed by atoms with Crippen molar-refractivity contribution in [1.82, 2.24) is 9.62 Å². The number of nitrogens with zero attached hydrogens (tertiary/aromatic N) is 1. The second kappa shape index (κ2) is 8.88. The van der Waals surface area contributed by atoms with Gasteiger partial charge in [-0.25, -0.2) is 13.2 Å². The van der Waals surface area contributed by atoms with Crippen LogP contribution in [0.25, 0.3) is 0 Å². The lowest BCUT2D eigenvalue weighted by Gasteiger charge is -2.38. The molecule has 3 aliphatic rings. The summed E-state index contributed by atoms with van der Waals surface area (Å²) in [6, 6.07) is 3.30. The third-order valence-corrected chi connectivity index (χ3v) is 9.66. The monoisotopic (exact) mass is 464 g/mol. The highest BCUT2D eigenvalue weighted by Crippen LogP contribution is 2.42. The molecule has 1 aliphatic carbocycles. The molecule has 0 unspecified atom stereocenters. The van der Waals surface area contributed by atoms with Crippen LogP contribution >= 0.6 is 11.3 Å². The van der Waals surface area contributed by atoms with Crippen molar-refractivity contribution in [2.45, 2.75) is 61.7 Å². The number of allylic oxidation sites excluding steroid dienone is 1. The van der Waals surface area contributed by atoms with Crippen LogP contribution in [0.15, 0.2) is 44.5 Å². The highest BCUT2D eigenvalue weighted by Gasteiger charge is 2.52. The Kier molecular flexibility index (Phi) is 6.37. The quantitative estimate of drug-likeness (QED) is 0.516. The van der Waals surface area contributed by atoms with Gasteiger partial charge in [0.05, 0.1) is 5.57 Å². The van der Waals surface area contributed by atoms with Gasteiger partial charge in [-0.2, -0.15) is 4.31 Å². The van der Waals surface area contributed by atoms with Crippen molar-refractivity contribution in [2.75, 3.05) is 19.6 Å². The van der Waals surface area contributed by atoms with Crippen LogP contribution in [0.3, 0.4) is 0 Å². The van der Waals surface area contributed by atoms with E-state index in [1.54, 1.807) is 24.4 Å². The fraction of sp³-hybridized carbons (Fsp3) is 0.545. The van der Waals surface area contributed by atoms with Gasteiger partial charge in [-0.15, -0.1) is 11.3 Å². The molecule has 1 aromatic rings. The van der Waals surface area contributed by atoms with Crippen molar-refractivity contribution in [3.63, 3.8) is 0 Å². The van der Waals surface area contributed by atoms with Gasteiger partial charge >= 0.3 is 5.97 Å². The first-order valence-corrected chi connectivity index (χ1v) is 13.1. The molecular formula is C22H28N2O5S2. The van der Waals surface area contributed by atoms with Gasteiger partial charge in [0.25, 0.3) is 15.9 Å². The summed E-state index contributed by atoms with van der Waals surface area (Å²) in [7, 11) is -3.57. The van der Waals surface area contributed by atoms with Gasteiger partial charge < -0.3 is 10.1 Å². The minimum Gasteiger partial charge on any atom is -0.450 e. The molecule has 1 spiro atoms. The van der Waals surface area contributed by atoms with Gasteiger partial charge in [0.1, 0.15) is 9.81 Å². The number of piperidine rings is 1. The van der Waals surface area contributed by atoms with Crippen molar-refractivity contribution in [1.29, 1.82) is 0 Å². The Labute approximate surface area is 187 Å². The van der Waals surface area contributed by atoms with Crippen LogP contribution in [0.1, 0.15) is 51.9 Å². The van der Waals surface area contributed by atoms with Crippen molar-refractivity contribution < 1.29 is 22.7 Å². The number of ether oxygens (including phenoxy) is 1. The van der Waals surface area contributed by atoms with Gasteiger partial charge in [0, 0.05) is 38.0 Å². The topological polar surface area (TPSA) is 92.8 Å². The first kappa shape index (κ1) is 22.2. The zero-order chi connectivity index (χ0) is 22.1. The Morgan fingerprint density at radius 1 is 1.29 bits per heavy atom. The zero-order valence-electron chi connectivity index (χ0n) is 17.7. The molecule has 168 valence electrons. The van der Waals surface area contributed by atoms with E-state index in [1.165, 1.54) is 34.1 Å². The summed E-state index contributed by atoms with van der Waals surface area (Å²) >= 11 is 1.18. The molecular weight excluding hydrogens is 436 g/mol. The SMILES string of the molecule is CC1=C(C(=O)NCCC2=CCCCC2)C2(CCN(S(=O)(=O)c3cccs3)CC2)OC1=O. The van der Waals surface area contributed by atoms with Crippen LogP contribution in [-0.2, 0) is 24.3 Å². The molecule has 4 rings (SSSR count). The van der Waals surface area contributed by atoms with Gasteiger partial charge in [-0.1, -0.05) is 17.7 Å². The average Bonchev–Trinajstić information content (AvgIpc) is 3.37. The minimum atomic E-state index is -3.57. The molecule has 0 radical (unpaired) electrons. The Morgan fingerprint density at radius 2 is 2.06 bits per heavy atom. The number of hydrogen-bond donors (Lipinski definition) is 1. The highest BCUT2D eigenvalue weighted by atomic mass is 32.2. The molecule has 0 atom stereocenters. The molecule has 1 N–H and O–H groups in total. The van der Waals surface area contributed by atoms with Crippen molar-refractivity contribution in [3.8, 4) is 0 Å². The van der Waals surface area contributed by atoms with Crippen LogP contribution in [0.4, 0.5) is 0 Å². The van der Waals surface area contributed by atoms with Crippen LogP contribution in [0.2, 0.25) is 0 Å². The van der Waals surface area contributed by atoms with Gasteiger partial charge in [-0.05, 0) is 50.5 Å². The first-order valence-electron chi connectivity index (χ1n) is 10.8. The van der Waals surface area contributed by atoms with E-state index in [0.29, 0.717) is 21.9 Å². The number of amides is 1. The Hall–Kier alpha value is -1.97. The third kappa shape index (κ3) is 4.36. The zero-order valence-corrected chi connectivity index (χ0v) is 19.3. The molecule has 0 bridgehead atoms. The maximum Gasteiger partial charge on any atom is 0.335 e. The summed E-state index contributed by atoms with van der Waals surface area (Å²) in [5, 5.41) is 4.69. The highest BCUT2D eigenvalue weighted by molar-refractivity contribution is 7.91. The summed E-state index contributed by atoms with van der Waals surface area (Å²) in [6.07, 6.45) is 8.22. The molecule has 9 heteroatoms. The fourth-order valence-corrected chi connectivity index (χ4v) is 7.25. The van der Waals surface area contributed by atoms with Gasteiger partial charge in [-0.3, -0.25) is 4.79 Å². The number of rotatable bonds is 6. The van der Waals surface area contributed by atoms with E-state index in [9.17, 15) is 18.0 Å². The van der Waals surface area contributed by atoms with Crippen molar-refractivity contribution in [2.24, 2.45) is 0 Å². The number of esters is 1. The lowest BCUT2D eigenvalue weighted by Crippen LogP contribution is -2.50. The molecule has 1 amide bonds. The lowest BCUT2D eigenvalue weighted by molar-refractivity contribution is -0.150. The number of sulfonamides is 1. The summed E-state index contributed by atoms with van der Waals surface area (Å²) < 4.78 is 33.0. The predicted molar refractivity (Wildman–Crippen MR) is 118 cm³/mol. The van der Waals surface area contributed by atoms with E-state index in [4.69, 9.17) is 4.74 Å². The molecule has 7 nitrogen and oxygen atoms in total. The lowest BCUT2D eigenvalue weighted by atomic mass is 9.83. The molecule has 31 heavy (non-hydrogen) atoms. The summed E-state index contributed by atoms with van der Waals surface area (Å²) in [4.78, 5) is 25.4. The number of carbonyl (C=O) groups is 2. The van der Waals surface area contributed by atoms with Gasteiger partial charge in [0.15, 0.2) is 0 Å². The standard InChI is InChI=1S/C22H28N2O5S2/c1-16-19(20(25)23-12-9-17-6-3-2-4-7-17)22(29-21(16)26)10-13-24(14-11-22)31(27,28)18-8-5-15-30-18/h5-6,8,15H,2-4,7,9-14H2,1H3,(H,23,25). The molecule has 1 saturated heterocycles. The van der Waals surface area contributed by atoms with Crippen LogP contribution in [-0.4, -0.2) is 49.8 Å². The Balaban J connectivity index is 1.43. The molecule has 2 aliphatic heterocycles. The maximum atomic E-state index is 13.0. The predicted octanol–water partition coefficient (Wildman–Crippen LogP) is 3.15.